The van der Waals surface area contributed by atoms with Gasteiger partial charge in [-0.2, -0.15) is 0 Å². The number of benzene rings is 1. The van der Waals surface area contributed by atoms with E-state index in [1.165, 1.54) is 37.7 Å². The van der Waals surface area contributed by atoms with E-state index in [2.05, 4.69) is 18.3 Å². The van der Waals surface area contributed by atoms with E-state index in [9.17, 15) is 0 Å². The lowest BCUT2D eigenvalue weighted by Gasteiger charge is -2.17. The molecular weight excluding hydrogens is 266 g/mol. The van der Waals surface area contributed by atoms with Crippen LogP contribution in [0.3, 0.4) is 0 Å². The van der Waals surface area contributed by atoms with Crippen molar-refractivity contribution >= 4 is 0 Å². The Morgan fingerprint density at radius 3 is 2.95 bits per heavy atom. The fourth-order valence-corrected chi connectivity index (χ4v) is 3.24. The second-order valence-electron chi connectivity index (χ2n) is 6.22. The molecule has 1 saturated carbocycles. The van der Waals surface area contributed by atoms with Crippen LogP contribution in [0.1, 0.15) is 44.6 Å². The Labute approximate surface area is 126 Å². The van der Waals surface area contributed by atoms with E-state index in [-0.39, 0.29) is 6.79 Å². The lowest BCUT2D eigenvalue weighted by molar-refractivity contribution is 0.171. The summed E-state index contributed by atoms with van der Waals surface area (Å²) in [5.41, 5.74) is 1.19. The summed E-state index contributed by atoms with van der Waals surface area (Å²) >= 11 is 0. The van der Waals surface area contributed by atoms with E-state index in [1.807, 2.05) is 6.07 Å². The van der Waals surface area contributed by atoms with Gasteiger partial charge in [-0.15, -0.1) is 0 Å². The monoisotopic (exact) mass is 291 g/mol. The van der Waals surface area contributed by atoms with E-state index >= 15 is 0 Å². The number of nitrogens with one attached hydrogen (secondary N) is 1. The first-order valence-electron chi connectivity index (χ1n) is 7.96. The Hall–Kier alpha value is -1.42. The van der Waals surface area contributed by atoms with Crippen LogP contribution in [0.2, 0.25) is 0 Å². The number of fused-ring (bicyclic) bond motifs is 1. The summed E-state index contributed by atoms with van der Waals surface area (Å²) < 4.78 is 16.3. The highest BCUT2D eigenvalue weighted by Gasteiger charge is 2.21. The van der Waals surface area contributed by atoms with Crippen molar-refractivity contribution < 1.29 is 14.2 Å². The summed E-state index contributed by atoms with van der Waals surface area (Å²) in [5, 5.41) is 3.69. The molecule has 0 radical (unpaired) electrons. The Balaban J connectivity index is 1.62. The standard InChI is InChI=1S/C17H25NO3/c1-12-4-3-5-14(7-6-12)18-10-13-8-15(19-2)17-16(9-13)20-11-21-17/h8-9,12,14,18H,3-7,10-11H2,1-2H3. The Morgan fingerprint density at radius 2 is 2.10 bits per heavy atom. The van der Waals surface area contributed by atoms with Gasteiger partial charge in [-0.25, -0.2) is 0 Å². The highest BCUT2D eigenvalue weighted by atomic mass is 16.7. The normalized spacial score (nSPS) is 24.7. The third-order valence-corrected chi connectivity index (χ3v) is 4.57. The van der Waals surface area contributed by atoms with Gasteiger partial charge in [-0.3, -0.25) is 0 Å². The maximum atomic E-state index is 5.48. The van der Waals surface area contributed by atoms with Crippen LogP contribution in [0, 0.1) is 5.92 Å². The molecule has 0 spiro atoms. The van der Waals surface area contributed by atoms with Gasteiger partial charge in [0, 0.05) is 12.6 Å². The van der Waals surface area contributed by atoms with E-state index < -0.39 is 0 Å². The molecule has 0 bridgehead atoms. The molecule has 2 unspecified atom stereocenters. The predicted molar refractivity (Wildman–Crippen MR) is 82.0 cm³/mol. The second-order valence-corrected chi connectivity index (χ2v) is 6.22. The summed E-state index contributed by atoms with van der Waals surface area (Å²) in [4.78, 5) is 0. The number of methoxy groups -OCH3 is 1. The van der Waals surface area contributed by atoms with Gasteiger partial charge in [0.05, 0.1) is 7.11 Å². The maximum absolute atomic E-state index is 5.48. The van der Waals surface area contributed by atoms with Crippen molar-refractivity contribution in [2.45, 2.75) is 51.6 Å². The van der Waals surface area contributed by atoms with Gasteiger partial charge in [0.25, 0.3) is 0 Å². The van der Waals surface area contributed by atoms with Gasteiger partial charge in [0.2, 0.25) is 12.5 Å². The first-order chi connectivity index (χ1) is 10.3. The second kappa shape index (κ2) is 6.56. The molecule has 0 amide bonds. The van der Waals surface area contributed by atoms with Crippen molar-refractivity contribution in [3.05, 3.63) is 17.7 Å². The summed E-state index contributed by atoms with van der Waals surface area (Å²) in [7, 11) is 1.67. The van der Waals surface area contributed by atoms with Crippen LogP contribution in [0.15, 0.2) is 12.1 Å². The van der Waals surface area contributed by atoms with E-state index in [0.717, 1.165) is 29.7 Å². The van der Waals surface area contributed by atoms with Crippen molar-refractivity contribution in [1.29, 1.82) is 0 Å². The number of hydrogen-bond donors (Lipinski definition) is 1. The van der Waals surface area contributed by atoms with Crippen molar-refractivity contribution in [3.63, 3.8) is 0 Å². The number of rotatable bonds is 4. The van der Waals surface area contributed by atoms with Gasteiger partial charge < -0.3 is 19.5 Å². The Morgan fingerprint density at radius 1 is 1.19 bits per heavy atom. The van der Waals surface area contributed by atoms with E-state index in [4.69, 9.17) is 14.2 Å². The van der Waals surface area contributed by atoms with Crippen LogP contribution in [0.25, 0.3) is 0 Å². The molecule has 1 fully saturated rings. The molecule has 21 heavy (non-hydrogen) atoms. The number of ether oxygens (including phenoxy) is 3. The van der Waals surface area contributed by atoms with Crippen LogP contribution in [-0.2, 0) is 6.54 Å². The van der Waals surface area contributed by atoms with Crippen LogP contribution < -0.4 is 19.5 Å². The smallest absolute Gasteiger partial charge is 0.231 e. The van der Waals surface area contributed by atoms with Crippen molar-refractivity contribution in [2.75, 3.05) is 13.9 Å². The molecule has 4 heteroatoms. The molecule has 3 rings (SSSR count). The van der Waals surface area contributed by atoms with Crippen LogP contribution in [0.5, 0.6) is 17.2 Å². The molecule has 2 atom stereocenters. The van der Waals surface area contributed by atoms with E-state index in [1.54, 1.807) is 7.11 Å². The molecule has 1 aromatic carbocycles. The zero-order valence-corrected chi connectivity index (χ0v) is 13.0. The average molecular weight is 291 g/mol. The van der Waals surface area contributed by atoms with Gasteiger partial charge in [-0.1, -0.05) is 19.8 Å². The summed E-state index contributed by atoms with van der Waals surface area (Å²) in [6, 6.07) is 4.73. The lowest BCUT2D eigenvalue weighted by atomic mass is 10.0. The molecule has 1 aliphatic heterocycles. The molecule has 4 nitrogen and oxygen atoms in total. The van der Waals surface area contributed by atoms with Crippen LogP contribution >= 0.6 is 0 Å². The first-order valence-corrected chi connectivity index (χ1v) is 7.96. The third-order valence-electron chi connectivity index (χ3n) is 4.57. The minimum Gasteiger partial charge on any atom is -0.493 e. The van der Waals surface area contributed by atoms with Gasteiger partial charge in [-0.05, 0) is 42.9 Å². The Kier molecular flexibility index (Phi) is 4.54. The van der Waals surface area contributed by atoms with Gasteiger partial charge in [0.1, 0.15) is 0 Å². The Bertz CT molecular complexity index is 489. The molecule has 116 valence electrons. The molecular formula is C17H25NO3. The fourth-order valence-electron chi connectivity index (χ4n) is 3.24. The zero-order valence-electron chi connectivity index (χ0n) is 13.0. The highest BCUT2D eigenvalue weighted by molar-refractivity contribution is 5.55. The van der Waals surface area contributed by atoms with Crippen LogP contribution in [0.4, 0.5) is 0 Å². The number of hydrogen-bond acceptors (Lipinski definition) is 4. The minimum absolute atomic E-state index is 0.281. The van der Waals surface area contributed by atoms with Crippen LogP contribution in [-0.4, -0.2) is 19.9 Å². The quantitative estimate of drug-likeness (QED) is 0.862. The highest BCUT2D eigenvalue weighted by Crippen LogP contribution is 2.41. The zero-order chi connectivity index (χ0) is 14.7. The van der Waals surface area contributed by atoms with Gasteiger partial charge >= 0.3 is 0 Å². The minimum atomic E-state index is 0.281. The molecule has 2 aliphatic rings. The molecule has 1 aliphatic carbocycles. The van der Waals surface area contributed by atoms with E-state index in [0.29, 0.717) is 6.04 Å². The summed E-state index contributed by atoms with van der Waals surface area (Å²) in [5.74, 6) is 3.16. The molecule has 0 saturated heterocycles. The average Bonchev–Trinajstić information content (AvgIpc) is 2.87. The molecule has 0 aromatic heterocycles. The van der Waals surface area contributed by atoms with Crippen molar-refractivity contribution in [2.24, 2.45) is 5.92 Å². The maximum Gasteiger partial charge on any atom is 0.231 e. The lowest BCUT2D eigenvalue weighted by Crippen LogP contribution is -2.27. The SMILES string of the molecule is COc1cc(CNC2CCCC(C)CC2)cc2c1OCO2. The predicted octanol–water partition coefficient (Wildman–Crippen LogP) is 3.48. The molecule has 1 heterocycles. The summed E-state index contributed by atoms with van der Waals surface area (Å²) in [6.07, 6.45) is 6.61. The molecule has 1 N–H and O–H groups in total. The first kappa shape index (κ1) is 14.5. The van der Waals surface area contributed by atoms with Crippen molar-refractivity contribution in [1.82, 2.24) is 5.32 Å². The van der Waals surface area contributed by atoms with Crippen molar-refractivity contribution in [3.8, 4) is 17.2 Å². The topological polar surface area (TPSA) is 39.7 Å². The fraction of sp³-hybridized carbons (Fsp3) is 0.647. The third kappa shape index (κ3) is 3.43. The largest absolute Gasteiger partial charge is 0.493 e. The van der Waals surface area contributed by atoms with Gasteiger partial charge in [0.15, 0.2) is 11.5 Å². The summed E-state index contributed by atoms with van der Waals surface area (Å²) in [6.45, 7) is 3.50. The molecule has 1 aromatic rings.